The largest absolute Gasteiger partial charge is 0.324 e. The van der Waals surface area contributed by atoms with Crippen LogP contribution >= 0.6 is 11.3 Å². The van der Waals surface area contributed by atoms with Crippen molar-refractivity contribution in [2.75, 3.05) is 18.4 Å². The van der Waals surface area contributed by atoms with Gasteiger partial charge in [-0.2, -0.15) is 0 Å². The standard InChI is InChI=1S/C24H28N4O2S/c1-16(22(29)25-17-9-3-2-4-10-17)28-20(15-27-13-7-8-14-27)26-23-21(24(28)30)18-11-5-6-12-19(18)31-23/h2-4,9-10,16H,5-8,11-15H2,1H3,(H,25,29). The molecule has 1 atom stereocenters. The number of nitrogens with one attached hydrogen (secondary N) is 1. The van der Waals surface area contributed by atoms with Crippen LogP contribution in [0.15, 0.2) is 35.1 Å². The number of carbonyl (C=O) groups is 1. The number of anilines is 1. The molecule has 5 rings (SSSR count). The van der Waals surface area contributed by atoms with E-state index in [2.05, 4.69) is 10.2 Å². The van der Waals surface area contributed by atoms with Crippen LogP contribution in [0.5, 0.6) is 0 Å². The molecule has 2 aromatic heterocycles. The summed E-state index contributed by atoms with van der Waals surface area (Å²) in [5.74, 6) is 0.509. The first-order valence-electron chi connectivity index (χ1n) is 11.3. The minimum atomic E-state index is -0.638. The molecule has 0 saturated carbocycles. The van der Waals surface area contributed by atoms with E-state index in [1.807, 2.05) is 30.3 Å². The maximum absolute atomic E-state index is 13.8. The Hall–Kier alpha value is -2.51. The number of para-hydroxylation sites is 1. The van der Waals surface area contributed by atoms with Crippen LogP contribution in [0.1, 0.15) is 54.9 Å². The van der Waals surface area contributed by atoms with Crippen molar-refractivity contribution >= 4 is 33.1 Å². The highest BCUT2D eigenvalue weighted by molar-refractivity contribution is 7.18. The SMILES string of the molecule is CC(C(=O)Nc1ccccc1)n1c(CN2CCCC2)nc2sc3c(c2c1=O)CCCC3. The van der Waals surface area contributed by atoms with Crippen LogP contribution in [0, 0.1) is 0 Å². The molecule has 0 bridgehead atoms. The van der Waals surface area contributed by atoms with Gasteiger partial charge in [0.15, 0.2) is 0 Å². The molecule has 1 aliphatic heterocycles. The van der Waals surface area contributed by atoms with Crippen molar-refractivity contribution in [2.24, 2.45) is 0 Å². The molecule has 1 saturated heterocycles. The van der Waals surface area contributed by atoms with Gasteiger partial charge >= 0.3 is 0 Å². The molecule has 6 nitrogen and oxygen atoms in total. The third-order valence-corrected chi connectivity index (χ3v) is 7.65. The Morgan fingerprint density at radius 2 is 1.87 bits per heavy atom. The molecule has 1 amide bonds. The molecule has 1 N–H and O–H groups in total. The average molecular weight is 437 g/mol. The lowest BCUT2D eigenvalue weighted by Gasteiger charge is -2.22. The molecule has 0 radical (unpaired) electrons. The maximum atomic E-state index is 13.8. The van der Waals surface area contributed by atoms with Gasteiger partial charge in [-0.25, -0.2) is 4.98 Å². The number of amides is 1. The molecule has 7 heteroatoms. The zero-order chi connectivity index (χ0) is 21.4. The number of hydrogen-bond acceptors (Lipinski definition) is 5. The van der Waals surface area contributed by atoms with Gasteiger partial charge in [0.1, 0.15) is 16.7 Å². The smallest absolute Gasteiger partial charge is 0.263 e. The Kier molecular flexibility index (Phi) is 5.63. The summed E-state index contributed by atoms with van der Waals surface area (Å²) < 4.78 is 1.65. The molecular formula is C24H28N4O2S. The monoisotopic (exact) mass is 436 g/mol. The van der Waals surface area contributed by atoms with Gasteiger partial charge in [-0.05, 0) is 76.2 Å². The molecule has 0 spiro atoms. The van der Waals surface area contributed by atoms with Gasteiger partial charge in [0.25, 0.3) is 5.56 Å². The first-order valence-corrected chi connectivity index (χ1v) is 12.1. The maximum Gasteiger partial charge on any atom is 0.263 e. The Bertz CT molecular complexity index is 1160. The summed E-state index contributed by atoms with van der Waals surface area (Å²) in [5.41, 5.74) is 1.84. The summed E-state index contributed by atoms with van der Waals surface area (Å²) in [6, 6.07) is 8.76. The van der Waals surface area contributed by atoms with E-state index in [-0.39, 0.29) is 11.5 Å². The first-order chi connectivity index (χ1) is 15.1. The van der Waals surface area contributed by atoms with E-state index >= 15 is 0 Å². The predicted molar refractivity (Wildman–Crippen MR) is 125 cm³/mol. The number of aryl methyl sites for hydroxylation is 2. The number of carbonyl (C=O) groups excluding carboxylic acids is 1. The lowest BCUT2D eigenvalue weighted by Crippen LogP contribution is -2.36. The van der Waals surface area contributed by atoms with Crippen molar-refractivity contribution in [2.45, 2.75) is 58.0 Å². The fourth-order valence-corrected chi connectivity index (χ4v) is 6.07. The molecule has 1 unspecified atom stereocenters. The number of nitrogens with zero attached hydrogens (tertiary/aromatic N) is 3. The van der Waals surface area contributed by atoms with E-state index in [1.165, 1.54) is 29.7 Å². The predicted octanol–water partition coefficient (Wildman–Crippen LogP) is 4.13. The van der Waals surface area contributed by atoms with E-state index in [0.29, 0.717) is 12.4 Å². The second-order valence-electron chi connectivity index (χ2n) is 8.61. The van der Waals surface area contributed by atoms with Crippen molar-refractivity contribution < 1.29 is 4.79 Å². The van der Waals surface area contributed by atoms with Crippen molar-refractivity contribution in [1.29, 1.82) is 0 Å². The van der Waals surface area contributed by atoms with Crippen molar-refractivity contribution in [3.8, 4) is 0 Å². The minimum absolute atomic E-state index is 0.0608. The van der Waals surface area contributed by atoms with Gasteiger partial charge < -0.3 is 5.32 Å². The molecule has 31 heavy (non-hydrogen) atoms. The third kappa shape index (κ3) is 3.92. The Balaban J connectivity index is 1.58. The number of fused-ring (bicyclic) bond motifs is 3. The lowest BCUT2D eigenvalue weighted by atomic mass is 9.97. The van der Waals surface area contributed by atoms with E-state index in [1.54, 1.807) is 22.8 Å². The molecule has 3 heterocycles. The lowest BCUT2D eigenvalue weighted by molar-refractivity contribution is -0.119. The number of hydrogen-bond donors (Lipinski definition) is 1. The van der Waals surface area contributed by atoms with Gasteiger partial charge in [0, 0.05) is 10.6 Å². The molecular weight excluding hydrogens is 408 g/mol. The van der Waals surface area contributed by atoms with Crippen molar-refractivity contribution in [3.63, 3.8) is 0 Å². The van der Waals surface area contributed by atoms with E-state index < -0.39 is 6.04 Å². The van der Waals surface area contributed by atoms with Crippen LogP contribution in [-0.4, -0.2) is 33.4 Å². The first kappa shape index (κ1) is 20.4. The number of benzene rings is 1. The van der Waals surface area contributed by atoms with Gasteiger partial charge in [0.05, 0.1) is 11.9 Å². The van der Waals surface area contributed by atoms with Crippen LogP contribution in [0.4, 0.5) is 5.69 Å². The molecule has 1 aromatic carbocycles. The van der Waals surface area contributed by atoms with Gasteiger partial charge in [-0.15, -0.1) is 11.3 Å². The second-order valence-corrected chi connectivity index (χ2v) is 9.69. The van der Waals surface area contributed by atoms with E-state index in [9.17, 15) is 9.59 Å². The van der Waals surface area contributed by atoms with Crippen LogP contribution in [0.25, 0.3) is 10.2 Å². The van der Waals surface area contributed by atoms with Gasteiger partial charge in [0.2, 0.25) is 5.91 Å². The summed E-state index contributed by atoms with van der Waals surface area (Å²) in [6.45, 7) is 4.44. The minimum Gasteiger partial charge on any atom is -0.324 e. The van der Waals surface area contributed by atoms with Crippen LogP contribution in [-0.2, 0) is 24.2 Å². The van der Waals surface area contributed by atoms with Crippen LogP contribution in [0.2, 0.25) is 0 Å². The average Bonchev–Trinajstić information content (AvgIpc) is 3.41. The zero-order valence-electron chi connectivity index (χ0n) is 17.9. The zero-order valence-corrected chi connectivity index (χ0v) is 18.7. The summed E-state index contributed by atoms with van der Waals surface area (Å²) in [5, 5.41) is 3.70. The highest BCUT2D eigenvalue weighted by Crippen LogP contribution is 2.34. The summed E-state index contributed by atoms with van der Waals surface area (Å²) in [6.07, 6.45) is 6.58. The topological polar surface area (TPSA) is 67.2 Å². The third-order valence-electron chi connectivity index (χ3n) is 6.47. The highest BCUT2D eigenvalue weighted by atomic mass is 32.1. The van der Waals surface area contributed by atoms with Gasteiger partial charge in [-0.3, -0.25) is 19.1 Å². The Morgan fingerprint density at radius 3 is 2.65 bits per heavy atom. The number of aromatic nitrogens is 2. The number of thiophene rings is 1. The Morgan fingerprint density at radius 1 is 1.13 bits per heavy atom. The van der Waals surface area contributed by atoms with E-state index in [4.69, 9.17) is 4.98 Å². The van der Waals surface area contributed by atoms with Crippen molar-refractivity contribution in [3.05, 3.63) is 57.0 Å². The molecule has 3 aromatic rings. The molecule has 1 fully saturated rings. The number of rotatable bonds is 5. The molecule has 1 aliphatic carbocycles. The van der Waals surface area contributed by atoms with Crippen LogP contribution < -0.4 is 10.9 Å². The van der Waals surface area contributed by atoms with Crippen LogP contribution in [0.3, 0.4) is 0 Å². The normalized spacial score (nSPS) is 17.6. The quantitative estimate of drug-likeness (QED) is 0.653. The van der Waals surface area contributed by atoms with E-state index in [0.717, 1.165) is 48.3 Å². The molecule has 162 valence electrons. The summed E-state index contributed by atoms with van der Waals surface area (Å²) in [7, 11) is 0. The number of likely N-dealkylation sites (tertiary alicyclic amines) is 1. The molecule has 2 aliphatic rings. The fraction of sp³-hybridized carbons (Fsp3) is 0.458. The second kappa shape index (κ2) is 8.55. The Labute approximate surface area is 185 Å². The van der Waals surface area contributed by atoms with Crippen molar-refractivity contribution in [1.82, 2.24) is 14.5 Å². The fourth-order valence-electron chi connectivity index (χ4n) is 4.80. The summed E-state index contributed by atoms with van der Waals surface area (Å²) in [4.78, 5) is 36.3. The highest BCUT2D eigenvalue weighted by Gasteiger charge is 2.27. The summed E-state index contributed by atoms with van der Waals surface area (Å²) >= 11 is 1.67. The van der Waals surface area contributed by atoms with Gasteiger partial charge in [-0.1, -0.05) is 18.2 Å².